The number of sulfonamides is 1. The summed E-state index contributed by atoms with van der Waals surface area (Å²) in [5.41, 5.74) is 2.51. The van der Waals surface area contributed by atoms with E-state index in [0.29, 0.717) is 11.3 Å². The Labute approximate surface area is 123 Å². The van der Waals surface area contributed by atoms with Gasteiger partial charge in [-0.3, -0.25) is 4.72 Å². The molecule has 0 fully saturated rings. The molecule has 0 aliphatic carbocycles. The lowest BCUT2D eigenvalue weighted by Crippen LogP contribution is -2.15. The van der Waals surface area contributed by atoms with E-state index in [2.05, 4.69) is 4.72 Å². The molecule has 0 heterocycles. The minimum atomic E-state index is -4.05. The Balaban J connectivity index is 2.42. The van der Waals surface area contributed by atoms with Crippen LogP contribution in [0.25, 0.3) is 0 Å². The van der Waals surface area contributed by atoms with Crippen molar-refractivity contribution in [3.05, 3.63) is 58.9 Å². The summed E-state index contributed by atoms with van der Waals surface area (Å²) in [6.07, 6.45) is 0. The van der Waals surface area contributed by atoms with Crippen LogP contribution in [-0.2, 0) is 16.6 Å². The number of anilines is 1. The van der Waals surface area contributed by atoms with Gasteiger partial charge in [0.15, 0.2) is 0 Å². The normalized spacial score (nSPS) is 11.4. The molecule has 6 heteroatoms. The van der Waals surface area contributed by atoms with E-state index in [1.165, 1.54) is 6.07 Å². The second-order valence-corrected chi connectivity index (χ2v) is 6.56. The third kappa shape index (κ3) is 3.59. The number of halogens is 1. The fourth-order valence-electron chi connectivity index (χ4n) is 2.10. The predicted molar refractivity (Wildman–Crippen MR) is 79.0 cm³/mol. The molecule has 0 amide bonds. The van der Waals surface area contributed by atoms with Crippen LogP contribution in [-0.4, -0.2) is 13.5 Å². The summed E-state index contributed by atoms with van der Waals surface area (Å²) in [6, 6.07) is 8.73. The second kappa shape index (κ2) is 5.83. The highest BCUT2D eigenvalue weighted by Gasteiger charge is 2.20. The Morgan fingerprint density at radius 1 is 1.10 bits per heavy atom. The van der Waals surface area contributed by atoms with Gasteiger partial charge in [0.1, 0.15) is 10.7 Å². The summed E-state index contributed by atoms with van der Waals surface area (Å²) in [6.45, 7) is 3.34. The van der Waals surface area contributed by atoms with E-state index in [1.54, 1.807) is 12.1 Å². The number of aryl methyl sites for hydroxylation is 2. The van der Waals surface area contributed by atoms with Gasteiger partial charge in [0.25, 0.3) is 10.0 Å². The van der Waals surface area contributed by atoms with Crippen molar-refractivity contribution in [1.29, 1.82) is 0 Å². The molecule has 21 heavy (non-hydrogen) atoms. The molecule has 0 aliphatic heterocycles. The van der Waals surface area contributed by atoms with E-state index in [9.17, 15) is 12.8 Å². The minimum Gasteiger partial charge on any atom is -0.392 e. The Kier molecular flexibility index (Phi) is 4.29. The van der Waals surface area contributed by atoms with Crippen molar-refractivity contribution >= 4 is 15.7 Å². The monoisotopic (exact) mass is 309 g/mol. The Bertz CT molecular complexity index is 752. The molecule has 112 valence electrons. The maximum Gasteiger partial charge on any atom is 0.264 e. The largest absolute Gasteiger partial charge is 0.392 e. The van der Waals surface area contributed by atoms with Crippen LogP contribution in [0.3, 0.4) is 0 Å². The second-order valence-electron chi connectivity index (χ2n) is 4.90. The molecule has 0 saturated carbocycles. The van der Waals surface area contributed by atoms with Gasteiger partial charge >= 0.3 is 0 Å². The number of aliphatic hydroxyl groups is 1. The van der Waals surface area contributed by atoms with Gasteiger partial charge in [-0.1, -0.05) is 12.1 Å². The van der Waals surface area contributed by atoms with Gasteiger partial charge in [-0.25, -0.2) is 12.8 Å². The fourth-order valence-corrected chi connectivity index (χ4v) is 3.27. The van der Waals surface area contributed by atoms with Crippen LogP contribution < -0.4 is 4.72 Å². The highest BCUT2D eigenvalue weighted by atomic mass is 32.2. The van der Waals surface area contributed by atoms with E-state index < -0.39 is 20.7 Å². The molecule has 2 aromatic carbocycles. The summed E-state index contributed by atoms with van der Waals surface area (Å²) in [4.78, 5) is -0.479. The first kappa shape index (κ1) is 15.5. The van der Waals surface area contributed by atoms with E-state index in [-0.39, 0.29) is 6.61 Å². The average molecular weight is 309 g/mol. The van der Waals surface area contributed by atoms with Crippen LogP contribution in [0.5, 0.6) is 0 Å². The maximum atomic E-state index is 13.8. The van der Waals surface area contributed by atoms with Crippen molar-refractivity contribution in [1.82, 2.24) is 0 Å². The SMILES string of the molecule is Cc1cc(C)cc(NS(=O)(=O)c2cc(CO)ccc2F)c1. The van der Waals surface area contributed by atoms with E-state index in [1.807, 2.05) is 19.9 Å². The molecule has 0 aliphatic rings. The molecule has 0 saturated heterocycles. The predicted octanol–water partition coefficient (Wildman–Crippen LogP) is 2.74. The van der Waals surface area contributed by atoms with Crippen molar-refractivity contribution in [3.8, 4) is 0 Å². The van der Waals surface area contributed by atoms with Gasteiger partial charge in [-0.15, -0.1) is 0 Å². The Morgan fingerprint density at radius 2 is 1.71 bits per heavy atom. The first-order chi connectivity index (χ1) is 9.81. The third-order valence-corrected chi connectivity index (χ3v) is 4.34. The summed E-state index contributed by atoms with van der Waals surface area (Å²) in [5, 5.41) is 9.04. The average Bonchev–Trinajstić information content (AvgIpc) is 2.37. The molecule has 0 spiro atoms. The zero-order chi connectivity index (χ0) is 15.6. The number of hydrogen-bond donors (Lipinski definition) is 2. The molecule has 0 unspecified atom stereocenters. The smallest absolute Gasteiger partial charge is 0.264 e. The van der Waals surface area contributed by atoms with Crippen molar-refractivity contribution in [2.45, 2.75) is 25.3 Å². The number of nitrogens with one attached hydrogen (secondary N) is 1. The highest BCUT2D eigenvalue weighted by molar-refractivity contribution is 7.92. The molecule has 0 atom stereocenters. The lowest BCUT2D eigenvalue weighted by molar-refractivity contribution is 0.281. The molecule has 2 N–H and O–H groups in total. The van der Waals surface area contributed by atoms with Crippen LogP contribution in [0.1, 0.15) is 16.7 Å². The van der Waals surface area contributed by atoms with Crippen LogP contribution in [0, 0.1) is 19.7 Å². The number of benzene rings is 2. The van der Waals surface area contributed by atoms with Crippen molar-refractivity contribution in [3.63, 3.8) is 0 Å². The molecule has 4 nitrogen and oxygen atoms in total. The van der Waals surface area contributed by atoms with Gasteiger partial charge in [0.2, 0.25) is 0 Å². The Morgan fingerprint density at radius 3 is 2.29 bits per heavy atom. The van der Waals surface area contributed by atoms with Gasteiger partial charge < -0.3 is 5.11 Å². The third-order valence-electron chi connectivity index (χ3n) is 2.94. The quantitative estimate of drug-likeness (QED) is 0.912. The minimum absolute atomic E-state index is 0.331. The molecule has 0 bridgehead atoms. The first-order valence-electron chi connectivity index (χ1n) is 6.32. The van der Waals surface area contributed by atoms with Gasteiger partial charge in [0, 0.05) is 5.69 Å². The molecule has 0 aromatic heterocycles. The molecular formula is C15H16FNO3S. The zero-order valence-corrected chi connectivity index (χ0v) is 12.5. The molecule has 2 aromatic rings. The zero-order valence-electron chi connectivity index (χ0n) is 11.7. The lowest BCUT2D eigenvalue weighted by Gasteiger charge is -2.11. The highest BCUT2D eigenvalue weighted by Crippen LogP contribution is 2.22. The number of aliphatic hydroxyl groups excluding tert-OH is 1. The lowest BCUT2D eigenvalue weighted by atomic mass is 10.1. The number of rotatable bonds is 4. The fraction of sp³-hybridized carbons (Fsp3) is 0.200. The van der Waals surface area contributed by atoms with Crippen LogP contribution >= 0.6 is 0 Å². The van der Waals surface area contributed by atoms with Gasteiger partial charge in [0.05, 0.1) is 6.61 Å². The molecule has 0 radical (unpaired) electrons. The summed E-state index contributed by atoms with van der Waals surface area (Å²) in [7, 11) is -4.05. The van der Waals surface area contributed by atoms with Crippen LogP contribution in [0.15, 0.2) is 41.3 Å². The van der Waals surface area contributed by atoms with Crippen molar-refractivity contribution < 1.29 is 17.9 Å². The Hall–Kier alpha value is -1.92. The van der Waals surface area contributed by atoms with E-state index >= 15 is 0 Å². The number of hydrogen-bond acceptors (Lipinski definition) is 3. The summed E-state index contributed by atoms with van der Waals surface area (Å²) < 4.78 is 40.7. The van der Waals surface area contributed by atoms with Crippen molar-refractivity contribution in [2.75, 3.05) is 4.72 Å². The van der Waals surface area contributed by atoms with Crippen molar-refractivity contribution in [2.24, 2.45) is 0 Å². The first-order valence-corrected chi connectivity index (χ1v) is 7.80. The summed E-state index contributed by atoms with van der Waals surface area (Å²) >= 11 is 0. The van der Waals surface area contributed by atoms with Gasteiger partial charge in [-0.2, -0.15) is 0 Å². The van der Waals surface area contributed by atoms with E-state index in [0.717, 1.165) is 23.3 Å². The van der Waals surface area contributed by atoms with Crippen LogP contribution in [0.4, 0.5) is 10.1 Å². The molecular weight excluding hydrogens is 293 g/mol. The van der Waals surface area contributed by atoms with E-state index in [4.69, 9.17) is 5.11 Å². The van der Waals surface area contributed by atoms with Crippen LogP contribution in [0.2, 0.25) is 0 Å². The summed E-state index contributed by atoms with van der Waals surface area (Å²) in [5.74, 6) is -0.857. The van der Waals surface area contributed by atoms with Gasteiger partial charge in [-0.05, 0) is 54.8 Å². The molecule has 2 rings (SSSR count). The topological polar surface area (TPSA) is 66.4 Å². The maximum absolute atomic E-state index is 13.8. The standard InChI is InChI=1S/C15H16FNO3S/c1-10-5-11(2)7-13(6-10)17-21(19,20)15-8-12(9-18)3-4-14(15)16/h3-8,17-18H,9H2,1-2H3.